The molecule has 28 heavy (non-hydrogen) atoms. The number of hydrogen-bond donors (Lipinski definition) is 1. The van der Waals surface area contributed by atoms with E-state index in [-0.39, 0.29) is 11.8 Å². The molecule has 2 bridgehead atoms. The highest BCUT2D eigenvalue weighted by molar-refractivity contribution is 5.97. The maximum absolute atomic E-state index is 12.4. The molecule has 3 aliphatic heterocycles. The van der Waals surface area contributed by atoms with Gasteiger partial charge in [-0.3, -0.25) is 9.69 Å². The van der Waals surface area contributed by atoms with Gasteiger partial charge in [0, 0.05) is 24.4 Å². The van der Waals surface area contributed by atoms with Gasteiger partial charge in [-0.25, -0.2) is 4.98 Å². The Morgan fingerprint density at radius 2 is 2.29 bits per heavy atom. The minimum atomic E-state index is -0.672. The van der Waals surface area contributed by atoms with Crippen LogP contribution in [0.25, 0.3) is 10.9 Å². The fourth-order valence-corrected chi connectivity index (χ4v) is 4.84. The number of rotatable bonds is 6. The summed E-state index contributed by atoms with van der Waals surface area (Å²) in [5, 5.41) is 12.3. The maximum atomic E-state index is 12.4. The molecule has 2 aromatic rings. The van der Waals surface area contributed by atoms with Crippen molar-refractivity contribution in [1.29, 1.82) is 0 Å². The van der Waals surface area contributed by atoms with E-state index in [1.54, 1.807) is 13.2 Å². The number of ether oxygens (including phenoxy) is 1. The second-order valence-electron chi connectivity index (χ2n) is 7.95. The van der Waals surface area contributed by atoms with E-state index in [9.17, 15) is 9.90 Å². The van der Waals surface area contributed by atoms with Gasteiger partial charge < -0.3 is 9.84 Å². The molecule has 148 valence electrons. The largest absolute Gasteiger partial charge is 0.497 e. The van der Waals surface area contributed by atoms with E-state index in [0.717, 1.165) is 42.6 Å². The number of aliphatic hydroxyl groups excluding tert-OH is 1. The molecule has 5 heteroatoms. The molecule has 1 N–H and O–H groups in total. The Hall–Kier alpha value is -2.24. The first-order valence-corrected chi connectivity index (χ1v) is 10.1. The van der Waals surface area contributed by atoms with Crippen LogP contribution >= 0.6 is 0 Å². The number of benzene rings is 1. The molecule has 0 saturated carbocycles. The van der Waals surface area contributed by atoms with Crippen molar-refractivity contribution in [1.82, 2.24) is 9.88 Å². The third-order valence-corrected chi connectivity index (χ3v) is 6.49. The molecule has 3 saturated heterocycles. The van der Waals surface area contributed by atoms with Gasteiger partial charge in [-0.1, -0.05) is 13.0 Å². The Balaban J connectivity index is 1.77. The fourth-order valence-electron chi connectivity index (χ4n) is 4.84. The average Bonchev–Trinajstić information content (AvgIpc) is 2.76. The SMILES string of the molecule is C=C[C@H]1CN2CCC1C[C@H]2[C@H](O)c1cc(C(=O)CC)nc2ccc(OC)cc12. The van der Waals surface area contributed by atoms with Crippen LogP contribution in [0.15, 0.2) is 36.9 Å². The predicted molar refractivity (Wildman–Crippen MR) is 110 cm³/mol. The van der Waals surface area contributed by atoms with E-state index in [4.69, 9.17) is 4.74 Å². The molecule has 1 aromatic carbocycles. The van der Waals surface area contributed by atoms with Gasteiger partial charge in [-0.2, -0.15) is 0 Å². The molecule has 5 atom stereocenters. The van der Waals surface area contributed by atoms with E-state index >= 15 is 0 Å². The molecule has 3 aliphatic rings. The van der Waals surface area contributed by atoms with Crippen LogP contribution in [0.5, 0.6) is 5.75 Å². The molecule has 2 unspecified atom stereocenters. The van der Waals surface area contributed by atoms with Crippen molar-refractivity contribution in [2.75, 3.05) is 20.2 Å². The molecule has 3 fully saturated rings. The summed E-state index contributed by atoms with van der Waals surface area (Å²) in [6.45, 7) is 7.77. The predicted octanol–water partition coefficient (Wildman–Crippen LogP) is 3.77. The number of carbonyl (C=O) groups excluding carboxylic acids is 1. The van der Waals surface area contributed by atoms with E-state index in [1.165, 1.54) is 0 Å². The van der Waals surface area contributed by atoms with Crippen molar-refractivity contribution in [3.05, 3.63) is 48.2 Å². The molecule has 5 nitrogen and oxygen atoms in total. The van der Waals surface area contributed by atoms with Gasteiger partial charge in [0.05, 0.1) is 18.7 Å². The number of fused-ring (bicyclic) bond motifs is 4. The Kier molecular flexibility index (Phi) is 5.21. The standard InChI is InChI=1S/C23H28N2O3/c1-4-14-13-25-9-8-15(14)10-21(25)23(27)18-12-20(22(26)5-2)24-19-7-6-16(28-3)11-17(18)19/h4,6-7,11-12,14-15,21,23,27H,1,5,8-10,13H2,2-3H3/t14-,15?,21-,23+/m0/s1. The summed E-state index contributed by atoms with van der Waals surface area (Å²) in [7, 11) is 1.63. The quantitative estimate of drug-likeness (QED) is 0.611. The summed E-state index contributed by atoms with van der Waals surface area (Å²) in [6.07, 6.45) is 3.88. The topological polar surface area (TPSA) is 62.7 Å². The van der Waals surface area contributed by atoms with Crippen molar-refractivity contribution in [2.24, 2.45) is 11.8 Å². The van der Waals surface area contributed by atoms with Crippen LogP contribution in [-0.2, 0) is 0 Å². The number of hydrogen-bond acceptors (Lipinski definition) is 5. The lowest BCUT2D eigenvalue weighted by atomic mass is 9.73. The Bertz CT molecular complexity index is 910. The van der Waals surface area contributed by atoms with Crippen molar-refractivity contribution in [3.8, 4) is 5.75 Å². The number of Topliss-reactive ketones (excluding diaryl/α,β-unsaturated/α-hetero) is 1. The summed E-state index contributed by atoms with van der Waals surface area (Å²) < 4.78 is 5.38. The third kappa shape index (κ3) is 3.23. The first-order valence-electron chi connectivity index (χ1n) is 10.1. The fraction of sp³-hybridized carbons (Fsp3) is 0.478. The summed E-state index contributed by atoms with van der Waals surface area (Å²) in [4.78, 5) is 19.3. The van der Waals surface area contributed by atoms with E-state index < -0.39 is 6.10 Å². The number of aliphatic hydroxyl groups is 1. The molecule has 4 heterocycles. The van der Waals surface area contributed by atoms with Gasteiger partial charge in [0.1, 0.15) is 11.4 Å². The number of methoxy groups -OCH3 is 1. The van der Waals surface area contributed by atoms with Crippen LogP contribution in [0, 0.1) is 11.8 Å². The molecular formula is C23H28N2O3. The second kappa shape index (κ2) is 7.64. The zero-order valence-corrected chi connectivity index (χ0v) is 16.6. The Morgan fingerprint density at radius 3 is 2.93 bits per heavy atom. The highest BCUT2D eigenvalue weighted by Gasteiger charge is 2.42. The second-order valence-corrected chi connectivity index (χ2v) is 7.95. The lowest BCUT2D eigenvalue weighted by molar-refractivity contribution is -0.0445. The molecule has 0 aliphatic carbocycles. The lowest BCUT2D eigenvalue weighted by Gasteiger charge is -2.50. The highest BCUT2D eigenvalue weighted by Crippen LogP contribution is 2.42. The third-order valence-electron chi connectivity index (χ3n) is 6.49. The van der Waals surface area contributed by atoms with Gasteiger partial charge in [0.2, 0.25) is 0 Å². The summed E-state index contributed by atoms with van der Waals surface area (Å²) in [5.74, 6) is 1.78. The summed E-state index contributed by atoms with van der Waals surface area (Å²) >= 11 is 0. The molecule has 0 amide bonds. The average molecular weight is 380 g/mol. The monoisotopic (exact) mass is 380 g/mol. The van der Waals surface area contributed by atoms with Gasteiger partial charge in [0.25, 0.3) is 0 Å². The van der Waals surface area contributed by atoms with E-state index in [0.29, 0.717) is 29.5 Å². The first kappa shape index (κ1) is 19.1. The van der Waals surface area contributed by atoms with Crippen molar-refractivity contribution < 1.29 is 14.6 Å². The van der Waals surface area contributed by atoms with Crippen molar-refractivity contribution >= 4 is 16.7 Å². The Morgan fingerprint density at radius 1 is 1.46 bits per heavy atom. The molecule has 0 spiro atoms. The normalized spacial score (nSPS) is 27.5. The minimum absolute atomic E-state index is 0.0108. The van der Waals surface area contributed by atoms with Crippen LogP contribution in [0.4, 0.5) is 0 Å². The molecule has 1 aromatic heterocycles. The first-order chi connectivity index (χ1) is 13.5. The van der Waals surface area contributed by atoms with Gasteiger partial charge in [0.15, 0.2) is 5.78 Å². The number of piperidine rings is 3. The van der Waals surface area contributed by atoms with Crippen molar-refractivity contribution in [3.63, 3.8) is 0 Å². The van der Waals surface area contributed by atoms with E-state index in [1.807, 2.05) is 25.1 Å². The highest BCUT2D eigenvalue weighted by atomic mass is 16.5. The van der Waals surface area contributed by atoms with Crippen LogP contribution in [0.3, 0.4) is 0 Å². The lowest BCUT2D eigenvalue weighted by Crippen LogP contribution is -2.54. The molecule has 5 rings (SSSR count). The van der Waals surface area contributed by atoms with Crippen LogP contribution in [0.2, 0.25) is 0 Å². The number of ketones is 1. The summed E-state index contributed by atoms with van der Waals surface area (Å²) in [6, 6.07) is 7.44. The van der Waals surface area contributed by atoms with Crippen LogP contribution < -0.4 is 4.74 Å². The smallest absolute Gasteiger partial charge is 0.180 e. The number of carbonyl (C=O) groups is 1. The van der Waals surface area contributed by atoms with Gasteiger partial charge >= 0.3 is 0 Å². The zero-order chi connectivity index (χ0) is 19.8. The number of pyridine rings is 1. The number of aromatic nitrogens is 1. The maximum Gasteiger partial charge on any atom is 0.180 e. The minimum Gasteiger partial charge on any atom is -0.497 e. The van der Waals surface area contributed by atoms with Crippen molar-refractivity contribution in [2.45, 2.75) is 38.3 Å². The van der Waals surface area contributed by atoms with Gasteiger partial charge in [-0.05, 0) is 61.1 Å². The number of nitrogens with zero attached hydrogens (tertiary/aromatic N) is 2. The summed E-state index contributed by atoms with van der Waals surface area (Å²) in [5.41, 5.74) is 1.91. The van der Waals surface area contributed by atoms with Gasteiger partial charge in [-0.15, -0.1) is 6.58 Å². The van der Waals surface area contributed by atoms with E-state index in [2.05, 4.69) is 22.5 Å². The molecular weight excluding hydrogens is 352 g/mol. The Labute approximate surface area is 166 Å². The van der Waals surface area contributed by atoms with Crippen LogP contribution in [-0.4, -0.2) is 47.0 Å². The molecule has 0 radical (unpaired) electrons. The van der Waals surface area contributed by atoms with Crippen LogP contribution in [0.1, 0.15) is 48.3 Å². The zero-order valence-electron chi connectivity index (χ0n) is 16.6.